The topological polar surface area (TPSA) is 93.4 Å². The molecule has 2 aliphatic heterocycles. The highest BCUT2D eigenvalue weighted by Crippen LogP contribution is 2.31. The number of aromatic nitrogens is 1. The Morgan fingerprint density at radius 2 is 1.76 bits per heavy atom. The van der Waals surface area contributed by atoms with Gasteiger partial charge in [0.2, 0.25) is 0 Å². The maximum Gasteiger partial charge on any atom is 0.271 e. The Labute approximate surface area is 252 Å². The van der Waals surface area contributed by atoms with E-state index in [-0.39, 0.29) is 24.0 Å². The van der Waals surface area contributed by atoms with Crippen molar-refractivity contribution in [1.82, 2.24) is 14.4 Å². The van der Waals surface area contributed by atoms with E-state index in [1.165, 1.54) is 11.3 Å². The number of fused-ring (bicyclic) bond motifs is 1. The standard InChI is InChI=1S/C31H33ClN4O5S/c1-4-34(5-2)30(39)27-20(3)33-31-36(28(27)22-8-10-23(32)11-9-22)29(38)25(42-31)18-21-6-12-24(13-7-21)41-19-26(37)35-14-16-40-17-15-35/h6-13,18,28H,4-5,14-17,19H2,1-3H3/b25-18-/t28-/m0/s1. The summed E-state index contributed by atoms with van der Waals surface area (Å²) in [6, 6.07) is 13.8. The molecule has 1 saturated heterocycles. The summed E-state index contributed by atoms with van der Waals surface area (Å²) in [6.45, 7) is 8.96. The number of ether oxygens (including phenoxy) is 2. The first kappa shape index (κ1) is 29.8. The smallest absolute Gasteiger partial charge is 0.271 e. The molecule has 0 saturated carbocycles. The van der Waals surface area contributed by atoms with Crippen molar-refractivity contribution in [3.8, 4) is 5.75 Å². The molecular formula is C31H33ClN4O5S. The molecule has 0 unspecified atom stereocenters. The van der Waals surface area contributed by atoms with Crippen molar-refractivity contribution >= 4 is 40.8 Å². The number of nitrogens with zero attached hydrogens (tertiary/aromatic N) is 4. The predicted octanol–water partition coefficient (Wildman–Crippen LogP) is 2.99. The van der Waals surface area contributed by atoms with E-state index in [9.17, 15) is 14.4 Å². The fourth-order valence-corrected chi connectivity index (χ4v) is 6.27. The third kappa shape index (κ3) is 6.21. The molecule has 0 spiro atoms. The van der Waals surface area contributed by atoms with Gasteiger partial charge in [-0.05, 0) is 62.2 Å². The van der Waals surface area contributed by atoms with Crippen molar-refractivity contribution in [2.24, 2.45) is 4.99 Å². The molecule has 9 nitrogen and oxygen atoms in total. The van der Waals surface area contributed by atoms with Crippen molar-refractivity contribution in [1.29, 1.82) is 0 Å². The van der Waals surface area contributed by atoms with Crippen LogP contribution in [-0.4, -0.2) is 72.2 Å². The van der Waals surface area contributed by atoms with E-state index in [2.05, 4.69) is 0 Å². The van der Waals surface area contributed by atoms with Gasteiger partial charge >= 0.3 is 0 Å². The van der Waals surface area contributed by atoms with E-state index in [1.807, 2.05) is 45.0 Å². The van der Waals surface area contributed by atoms with Crippen LogP contribution in [0.4, 0.5) is 0 Å². The summed E-state index contributed by atoms with van der Waals surface area (Å²) in [5.41, 5.74) is 2.42. The lowest BCUT2D eigenvalue weighted by atomic mass is 9.94. The Bertz CT molecular complexity index is 1670. The molecular weight excluding hydrogens is 576 g/mol. The number of hydrogen-bond acceptors (Lipinski definition) is 7. The van der Waals surface area contributed by atoms with Crippen LogP contribution < -0.4 is 19.6 Å². The highest BCUT2D eigenvalue weighted by atomic mass is 35.5. The van der Waals surface area contributed by atoms with Gasteiger partial charge < -0.3 is 19.3 Å². The van der Waals surface area contributed by atoms with Crippen LogP contribution in [-0.2, 0) is 14.3 Å². The first-order valence-corrected chi connectivity index (χ1v) is 15.2. The maximum atomic E-state index is 13.9. The second kappa shape index (κ2) is 13.1. The first-order chi connectivity index (χ1) is 20.3. The maximum absolute atomic E-state index is 13.9. The molecule has 1 atom stereocenters. The van der Waals surface area contributed by atoms with Gasteiger partial charge in [0, 0.05) is 31.2 Å². The molecule has 1 aromatic heterocycles. The number of rotatable bonds is 8. The molecule has 3 heterocycles. The van der Waals surface area contributed by atoms with Crippen molar-refractivity contribution in [2.75, 3.05) is 46.0 Å². The lowest BCUT2D eigenvalue weighted by molar-refractivity contribution is -0.137. The number of benzene rings is 2. The van der Waals surface area contributed by atoms with Crippen LogP contribution in [0.25, 0.3) is 6.08 Å². The quantitative estimate of drug-likeness (QED) is 0.392. The van der Waals surface area contributed by atoms with Crippen molar-refractivity contribution < 1.29 is 19.1 Å². The Morgan fingerprint density at radius 1 is 1.10 bits per heavy atom. The molecule has 0 N–H and O–H groups in total. The molecule has 1 fully saturated rings. The summed E-state index contributed by atoms with van der Waals surface area (Å²) in [7, 11) is 0. The Balaban J connectivity index is 1.45. The number of carbonyl (C=O) groups excluding carboxylic acids is 2. The fraction of sp³-hybridized carbons (Fsp3) is 0.355. The average molecular weight is 609 g/mol. The van der Waals surface area contributed by atoms with E-state index in [1.54, 1.807) is 44.7 Å². The van der Waals surface area contributed by atoms with Crippen LogP contribution in [0.1, 0.15) is 37.9 Å². The zero-order chi connectivity index (χ0) is 29.8. The van der Waals surface area contributed by atoms with Gasteiger partial charge in [-0.25, -0.2) is 4.99 Å². The molecule has 220 valence electrons. The van der Waals surface area contributed by atoms with Gasteiger partial charge in [0.1, 0.15) is 5.75 Å². The largest absolute Gasteiger partial charge is 0.484 e. The van der Waals surface area contributed by atoms with Crippen LogP contribution in [0, 0.1) is 0 Å². The Morgan fingerprint density at radius 3 is 2.40 bits per heavy atom. The first-order valence-electron chi connectivity index (χ1n) is 14.0. The van der Waals surface area contributed by atoms with E-state index < -0.39 is 6.04 Å². The number of halogens is 1. The average Bonchev–Trinajstić information content (AvgIpc) is 3.31. The van der Waals surface area contributed by atoms with Crippen LogP contribution in [0.15, 0.2) is 69.6 Å². The molecule has 3 aromatic rings. The minimum absolute atomic E-state index is 0.0451. The molecule has 0 radical (unpaired) electrons. The molecule has 0 aliphatic carbocycles. The number of allylic oxidation sites excluding steroid dienone is 1. The van der Waals surface area contributed by atoms with Crippen molar-refractivity contribution in [2.45, 2.75) is 26.8 Å². The third-order valence-electron chi connectivity index (χ3n) is 7.39. The van der Waals surface area contributed by atoms with E-state index >= 15 is 0 Å². The third-order valence-corrected chi connectivity index (χ3v) is 8.63. The minimum atomic E-state index is -0.631. The Kier molecular flexibility index (Phi) is 9.25. The summed E-state index contributed by atoms with van der Waals surface area (Å²) in [5, 5.41) is 0.571. The van der Waals surface area contributed by atoms with E-state index in [4.69, 9.17) is 26.1 Å². The summed E-state index contributed by atoms with van der Waals surface area (Å²) in [5.74, 6) is 0.346. The number of likely N-dealkylation sites (N-methyl/N-ethyl adjacent to an activating group) is 1. The van der Waals surface area contributed by atoms with Gasteiger partial charge in [0.25, 0.3) is 17.4 Å². The molecule has 2 aromatic carbocycles. The molecule has 42 heavy (non-hydrogen) atoms. The van der Waals surface area contributed by atoms with Gasteiger partial charge in [-0.3, -0.25) is 19.0 Å². The van der Waals surface area contributed by atoms with Crippen molar-refractivity contribution in [3.05, 3.63) is 95.6 Å². The Hall–Kier alpha value is -3.73. The molecule has 0 bridgehead atoms. The van der Waals surface area contributed by atoms with Crippen LogP contribution in [0.2, 0.25) is 5.02 Å². The monoisotopic (exact) mass is 608 g/mol. The SMILES string of the molecule is CCN(CC)C(=O)C1=C(C)N=c2s/c(=C\c3ccc(OCC(=O)N4CCOCC4)cc3)c(=O)n2[C@H]1c1ccc(Cl)cc1. The highest BCUT2D eigenvalue weighted by Gasteiger charge is 2.34. The minimum Gasteiger partial charge on any atom is -0.484 e. The van der Waals surface area contributed by atoms with E-state index in [0.717, 1.165) is 11.1 Å². The number of carbonyl (C=O) groups is 2. The fourth-order valence-electron chi connectivity index (χ4n) is 5.10. The van der Waals surface area contributed by atoms with E-state index in [0.29, 0.717) is 70.8 Å². The molecule has 2 aliphatic rings. The van der Waals surface area contributed by atoms with Gasteiger partial charge in [-0.2, -0.15) is 0 Å². The van der Waals surface area contributed by atoms with Gasteiger partial charge in [0.15, 0.2) is 11.4 Å². The summed E-state index contributed by atoms with van der Waals surface area (Å²) < 4.78 is 13.1. The van der Waals surface area contributed by atoms with Crippen LogP contribution in [0.3, 0.4) is 0 Å². The predicted molar refractivity (Wildman–Crippen MR) is 162 cm³/mol. The van der Waals surface area contributed by atoms with Gasteiger partial charge in [0.05, 0.1) is 35.1 Å². The number of morpholine rings is 1. The lowest BCUT2D eigenvalue weighted by Crippen LogP contribution is -2.43. The molecule has 11 heteroatoms. The van der Waals surface area contributed by atoms with Crippen LogP contribution in [0.5, 0.6) is 5.75 Å². The molecule has 5 rings (SSSR count). The number of thiazole rings is 1. The normalized spacial score (nSPS) is 17.1. The molecule has 2 amide bonds. The highest BCUT2D eigenvalue weighted by molar-refractivity contribution is 7.07. The summed E-state index contributed by atoms with van der Waals surface area (Å²) in [6.07, 6.45) is 1.80. The second-order valence-electron chi connectivity index (χ2n) is 9.96. The van der Waals surface area contributed by atoms with Gasteiger partial charge in [-0.1, -0.05) is 47.2 Å². The summed E-state index contributed by atoms with van der Waals surface area (Å²) in [4.78, 5) is 48.7. The van der Waals surface area contributed by atoms with Gasteiger partial charge in [-0.15, -0.1) is 0 Å². The number of amides is 2. The van der Waals surface area contributed by atoms with Crippen LogP contribution >= 0.6 is 22.9 Å². The second-order valence-corrected chi connectivity index (χ2v) is 11.4. The zero-order valence-electron chi connectivity index (χ0n) is 23.8. The number of hydrogen-bond donors (Lipinski definition) is 0. The van der Waals surface area contributed by atoms with Crippen molar-refractivity contribution in [3.63, 3.8) is 0 Å². The summed E-state index contributed by atoms with van der Waals surface area (Å²) >= 11 is 7.45. The zero-order valence-corrected chi connectivity index (χ0v) is 25.4. The lowest BCUT2D eigenvalue weighted by Gasteiger charge is -2.29.